The summed E-state index contributed by atoms with van der Waals surface area (Å²) < 4.78 is 31.0. The third-order valence-electron chi connectivity index (χ3n) is 3.62. The van der Waals surface area contributed by atoms with Gasteiger partial charge in [-0.2, -0.15) is 0 Å². The lowest BCUT2D eigenvalue weighted by molar-refractivity contribution is -0.122. The monoisotopic (exact) mass is 362 g/mol. The summed E-state index contributed by atoms with van der Waals surface area (Å²) in [6, 6.07) is 14.3. The average Bonchev–Trinajstić information content (AvgIpc) is 2.58. The van der Waals surface area contributed by atoms with Crippen LogP contribution in [-0.2, 0) is 21.4 Å². The molecule has 1 amide bonds. The topological polar surface area (TPSA) is 75.7 Å². The second kappa shape index (κ2) is 8.02. The van der Waals surface area contributed by atoms with Crippen molar-refractivity contribution in [2.75, 3.05) is 24.2 Å². The predicted octanol–water partition coefficient (Wildman–Crippen LogP) is 2.09. The number of benzene rings is 2. The maximum Gasteiger partial charge on any atom is 0.257 e. The summed E-state index contributed by atoms with van der Waals surface area (Å²) in [7, 11) is -1.91. The summed E-state index contributed by atoms with van der Waals surface area (Å²) >= 11 is 0. The Kier molecular flexibility index (Phi) is 6.03. The molecule has 134 valence electrons. The van der Waals surface area contributed by atoms with Crippen molar-refractivity contribution in [3.05, 3.63) is 59.7 Å². The van der Waals surface area contributed by atoms with Gasteiger partial charge in [0.2, 0.25) is 10.0 Å². The molecule has 0 spiro atoms. The lowest BCUT2D eigenvalue weighted by atomic mass is 10.1. The van der Waals surface area contributed by atoms with E-state index in [1.807, 2.05) is 31.2 Å². The van der Waals surface area contributed by atoms with Gasteiger partial charge >= 0.3 is 0 Å². The Morgan fingerprint density at radius 2 is 1.68 bits per heavy atom. The Labute approximate surface area is 148 Å². The van der Waals surface area contributed by atoms with E-state index >= 15 is 0 Å². The Bertz CT molecular complexity index is 815. The number of amides is 1. The molecule has 1 N–H and O–H groups in total. The number of carbonyl (C=O) groups excluding carboxylic acids is 1. The van der Waals surface area contributed by atoms with E-state index in [4.69, 9.17) is 4.74 Å². The van der Waals surface area contributed by atoms with Crippen LogP contribution in [0.25, 0.3) is 0 Å². The molecular weight excluding hydrogens is 340 g/mol. The average molecular weight is 362 g/mol. The molecule has 2 aromatic rings. The van der Waals surface area contributed by atoms with Gasteiger partial charge in [-0.25, -0.2) is 8.42 Å². The van der Waals surface area contributed by atoms with Gasteiger partial charge in [0.05, 0.1) is 18.5 Å². The molecule has 0 atom stereocenters. The van der Waals surface area contributed by atoms with Crippen molar-refractivity contribution in [1.29, 1.82) is 0 Å². The fraction of sp³-hybridized carbons (Fsp3) is 0.278. The molecule has 0 aliphatic heterocycles. The van der Waals surface area contributed by atoms with Crippen LogP contribution in [0.1, 0.15) is 11.1 Å². The molecule has 25 heavy (non-hydrogen) atoms. The van der Waals surface area contributed by atoms with E-state index in [2.05, 4.69) is 5.32 Å². The molecular formula is C18H22N2O4S. The maximum atomic E-state index is 12.2. The number of sulfonamides is 1. The van der Waals surface area contributed by atoms with Crippen molar-refractivity contribution in [3.8, 4) is 5.75 Å². The number of ether oxygens (including phenoxy) is 1. The van der Waals surface area contributed by atoms with E-state index in [0.29, 0.717) is 11.4 Å². The second-order valence-electron chi connectivity index (χ2n) is 5.71. The number of carbonyl (C=O) groups is 1. The van der Waals surface area contributed by atoms with Crippen LogP contribution < -0.4 is 14.4 Å². The first kappa shape index (κ1) is 18.8. The highest BCUT2D eigenvalue weighted by atomic mass is 32.2. The Balaban J connectivity index is 2.18. The summed E-state index contributed by atoms with van der Waals surface area (Å²) in [5, 5.41) is 2.46. The van der Waals surface area contributed by atoms with E-state index in [9.17, 15) is 13.2 Å². The number of nitrogens with zero attached hydrogens (tertiary/aromatic N) is 1. The highest BCUT2D eigenvalue weighted by Crippen LogP contribution is 2.23. The Morgan fingerprint density at radius 3 is 2.20 bits per heavy atom. The number of anilines is 1. The van der Waals surface area contributed by atoms with Crippen LogP contribution in [0.4, 0.5) is 5.69 Å². The van der Waals surface area contributed by atoms with E-state index in [-0.39, 0.29) is 19.1 Å². The first-order chi connectivity index (χ1) is 11.8. The third-order valence-corrected chi connectivity index (χ3v) is 4.76. The minimum absolute atomic E-state index is 0.0883. The van der Waals surface area contributed by atoms with Gasteiger partial charge in [0.25, 0.3) is 5.91 Å². The minimum Gasteiger partial charge on any atom is -0.484 e. The summed E-state index contributed by atoms with van der Waals surface area (Å²) in [6.07, 6.45) is 1.18. The van der Waals surface area contributed by atoms with Gasteiger partial charge < -0.3 is 10.1 Å². The summed E-state index contributed by atoms with van der Waals surface area (Å²) in [4.78, 5) is 11.2. The molecule has 0 aliphatic rings. The normalized spacial score (nSPS) is 11.0. The van der Waals surface area contributed by atoms with Crippen LogP contribution in [0.15, 0.2) is 48.5 Å². The van der Waals surface area contributed by atoms with Crippen molar-refractivity contribution in [1.82, 2.24) is 5.32 Å². The number of rotatable bonds is 7. The lowest BCUT2D eigenvalue weighted by Gasteiger charge is -2.23. The van der Waals surface area contributed by atoms with E-state index in [1.165, 1.54) is 17.6 Å². The van der Waals surface area contributed by atoms with Gasteiger partial charge in [-0.15, -0.1) is 0 Å². The fourth-order valence-corrected chi connectivity index (χ4v) is 3.08. The number of aryl methyl sites for hydroxylation is 1. The van der Waals surface area contributed by atoms with E-state index in [0.717, 1.165) is 11.1 Å². The quantitative estimate of drug-likeness (QED) is 0.818. The minimum atomic E-state index is -3.44. The molecule has 7 heteroatoms. The standard InChI is InChI=1S/C18H22N2O4S/c1-14-4-6-15(7-5-14)12-20(25(3,22)23)16-8-10-17(11-9-16)24-13-18(21)19-2/h4-11H,12-13H2,1-3H3,(H,19,21). The molecule has 0 bridgehead atoms. The van der Waals surface area contributed by atoms with Crippen LogP contribution in [-0.4, -0.2) is 34.2 Å². The molecule has 0 fully saturated rings. The first-order valence-electron chi connectivity index (χ1n) is 7.76. The van der Waals surface area contributed by atoms with Gasteiger partial charge in [-0.1, -0.05) is 29.8 Å². The van der Waals surface area contributed by atoms with Gasteiger partial charge in [0.15, 0.2) is 6.61 Å². The zero-order chi connectivity index (χ0) is 18.4. The zero-order valence-electron chi connectivity index (χ0n) is 14.5. The van der Waals surface area contributed by atoms with Crippen molar-refractivity contribution in [2.24, 2.45) is 0 Å². The number of hydrogen-bond donors (Lipinski definition) is 1. The highest BCUT2D eigenvalue weighted by molar-refractivity contribution is 7.92. The largest absolute Gasteiger partial charge is 0.484 e. The molecule has 0 aliphatic carbocycles. The van der Waals surface area contributed by atoms with Crippen LogP contribution in [0.3, 0.4) is 0 Å². The molecule has 0 radical (unpaired) electrons. The van der Waals surface area contributed by atoms with Crippen molar-refractivity contribution >= 4 is 21.6 Å². The van der Waals surface area contributed by atoms with Crippen LogP contribution in [0, 0.1) is 6.92 Å². The molecule has 2 rings (SSSR count). The molecule has 0 heterocycles. The van der Waals surface area contributed by atoms with E-state index in [1.54, 1.807) is 24.3 Å². The van der Waals surface area contributed by atoms with Gasteiger partial charge in [-0.05, 0) is 36.8 Å². The highest BCUT2D eigenvalue weighted by Gasteiger charge is 2.18. The van der Waals surface area contributed by atoms with Crippen LogP contribution >= 0.6 is 0 Å². The molecule has 0 aromatic heterocycles. The van der Waals surface area contributed by atoms with Gasteiger partial charge in [0, 0.05) is 7.05 Å². The molecule has 0 saturated carbocycles. The van der Waals surface area contributed by atoms with Gasteiger partial charge in [0.1, 0.15) is 5.75 Å². The van der Waals surface area contributed by atoms with Crippen LogP contribution in [0.5, 0.6) is 5.75 Å². The summed E-state index contributed by atoms with van der Waals surface area (Å²) in [5.74, 6) is 0.261. The van der Waals surface area contributed by atoms with Crippen molar-refractivity contribution in [2.45, 2.75) is 13.5 Å². The zero-order valence-corrected chi connectivity index (χ0v) is 15.3. The number of hydrogen-bond acceptors (Lipinski definition) is 4. The Morgan fingerprint density at radius 1 is 1.08 bits per heavy atom. The lowest BCUT2D eigenvalue weighted by Crippen LogP contribution is -2.29. The van der Waals surface area contributed by atoms with Crippen molar-refractivity contribution < 1.29 is 17.9 Å². The first-order valence-corrected chi connectivity index (χ1v) is 9.61. The van der Waals surface area contributed by atoms with Crippen LogP contribution in [0.2, 0.25) is 0 Å². The predicted molar refractivity (Wildman–Crippen MR) is 98.2 cm³/mol. The Hall–Kier alpha value is -2.54. The fourth-order valence-electron chi connectivity index (χ4n) is 2.19. The van der Waals surface area contributed by atoms with Crippen molar-refractivity contribution in [3.63, 3.8) is 0 Å². The molecule has 0 unspecified atom stereocenters. The third kappa shape index (κ3) is 5.49. The maximum absolute atomic E-state index is 12.2. The molecule has 6 nitrogen and oxygen atoms in total. The second-order valence-corrected chi connectivity index (χ2v) is 7.62. The van der Waals surface area contributed by atoms with Gasteiger partial charge in [-0.3, -0.25) is 9.10 Å². The SMILES string of the molecule is CNC(=O)COc1ccc(N(Cc2ccc(C)cc2)S(C)(=O)=O)cc1. The summed E-state index contributed by atoms with van der Waals surface area (Å²) in [6.45, 7) is 2.14. The number of likely N-dealkylation sites (N-methyl/N-ethyl adjacent to an activating group) is 1. The molecule has 0 saturated heterocycles. The van der Waals surface area contributed by atoms with E-state index < -0.39 is 10.0 Å². The smallest absolute Gasteiger partial charge is 0.257 e. The molecule has 2 aromatic carbocycles. The number of nitrogens with one attached hydrogen (secondary N) is 1. The summed E-state index contributed by atoms with van der Waals surface area (Å²) in [5.41, 5.74) is 2.55.